The number of nitrogens with one attached hydrogen (secondary N) is 1. The van der Waals surface area contributed by atoms with Gasteiger partial charge in [0.1, 0.15) is 0 Å². The molecule has 0 aliphatic carbocycles. The van der Waals surface area contributed by atoms with E-state index in [-0.39, 0.29) is 5.91 Å². The van der Waals surface area contributed by atoms with E-state index in [9.17, 15) is 4.79 Å². The Kier molecular flexibility index (Phi) is 5.19. The molecule has 0 radical (unpaired) electrons. The van der Waals surface area contributed by atoms with Gasteiger partial charge in [0.05, 0.1) is 6.54 Å². The minimum Gasteiger partial charge on any atom is -0.351 e. The fraction of sp³-hybridized carbons (Fsp3) is 0.500. The topological polar surface area (TPSA) is 58.4 Å². The van der Waals surface area contributed by atoms with Crippen LogP contribution in [0.2, 0.25) is 5.02 Å². The molecule has 1 aliphatic heterocycles. The highest BCUT2D eigenvalue weighted by Crippen LogP contribution is 2.16. The van der Waals surface area contributed by atoms with Crippen LogP contribution in [0.3, 0.4) is 0 Å². The van der Waals surface area contributed by atoms with Crippen molar-refractivity contribution in [1.29, 1.82) is 0 Å². The number of amides is 1. The van der Waals surface area contributed by atoms with E-state index in [2.05, 4.69) is 10.2 Å². The summed E-state index contributed by atoms with van der Waals surface area (Å²) in [6.07, 6.45) is 2.22. The third-order valence-corrected chi connectivity index (χ3v) is 3.92. The average molecular weight is 282 g/mol. The van der Waals surface area contributed by atoms with Crippen LogP contribution < -0.4 is 11.1 Å². The molecule has 104 valence electrons. The SMILES string of the molecule is NCC1CCCN1CC(=O)NCc1ccccc1Cl. The molecule has 3 N–H and O–H groups in total. The molecule has 2 rings (SSSR count). The second kappa shape index (κ2) is 6.89. The Morgan fingerprint density at radius 1 is 1.47 bits per heavy atom. The molecule has 19 heavy (non-hydrogen) atoms. The summed E-state index contributed by atoms with van der Waals surface area (Å²) < 4.78 is 0. The normalized spacial score (nSPS) is 19.6. The zero-order chi connectivity index (χ0) is 13.7. The number of hydrogen-bond donors (Lipinski definition) is 2. The molecule has 0 aromatic heterocycles. The molecular formula is C14H20ClN3O. The van der Waals surface area contributed by atoms with Gasteiger partial charge >= 0.3 is 0 Å². The first kappa shape index (κ1) is 14.3. The second-order valence-electron chi connectivity index (χ2n) is 4.87. The number of benzene rings is 1. The monoisotopic (exact) mass is 281 g/mol. The van der Waals surface area contributed by atoms with Crippen LogP contribution in [0.1, 0.15) is 18.4 Å². The molecule has 1 heterocycles. The zero-order valence-corrected chi connectivity index (χ0v) is 11.7. The highest BCUT2D eigenvalue weighted by atomic mass is 35.5. The summed E-state index contributed by atoms with van der Waals surface area (Å²) >= 11 is 6.05. The van der Waals surface area contributed by atoms with Gasteiger partial charge in [-0.25, -0.2) is 0 Å². The molecule has 4 nitrogen and oxygen atoms in total. The number of hydrogen-bond acceptors (Lipinski definition) is 3. The van der Waals surface area contributed by atoms with Gasteiger partial charge in [-0.2, -0.15) is 0 Å². The van der Waals surface area contributed by atoms with Crippen molar-refractivity contribution in [3.8, 4) is 0 Å². The minimum absolute atomic E-state index is 0.0280. The third-order valence-electron chi connectivity index (χ3n) is 3.55. The van der Waals surface area contributed by atoms with E-state index < -0.39 is 0 Å². The van der Waals surface area contributed by atoms with Gasteiger partial charge in [0.15, 0.2) is 0 Å². The molecule has 1 atom stereocenters. The van der Waals surface area contributed by atoms with E-state index in [1.165, 1.54) is 0 Å². The number of nitrogens with two attached hydrogens (primary N) is 1. The quantitative estimate of drug-likeness (QED) is 0.857. The fourth-order valence-electron chi connectivity index (χ4n) is 2.45. The Bertz CT molecular complexity index is 438. The van der Waals surface area contributed by atoms with Gasteiger partial charge in [0.2, 0.25) is 5.91 Å². The highest BCUT2D eigenvalue weighted by Gasteiger charge is 2.24. The third kappa shape index (κ3) is 3.93. The second-order valence-corrected chi connectivity index (χ2v) is 5.28. The maximum atomic E-state index is 11.9. The number of likely N-dealkylation sites (tertiary alicyclic amines) is 1. The number of rotatable bonds is 5. The van der Waals surface area contributed by atoms with Crippen molar-refractivity contribution in [2.24, 2.45) is 5.73 Å². The summed E-state index contributed by atoms with van der Waals surface area (Å²) in [5, 5.41) is 3.59. The smallest absolute Gasteiger partial charge is 0.234 e. The first-order valence-corrected chi connectivity index (χ1v) is 7.02. The summed E-state index contributed by atoms with van der Waals surface area (Å²) in [6.45, 7) is 2.48. The van der Waals surface area contributed by atoms with E-state index in [1.807, 2.05) is 24.3 Å². The molecule has 1 aliphatic rings. The number of carbonyl (C=O) groups is 1. The lowest BCUT2D eigenvalue weighted by atomic mass is 10.2. The van der Waals surface area contributed by atoms with Gasteiger partial charge < -0.3 is 11.1 Å². The van der Waals surface area contributed by atoms with Gasteiger partial charge in [0, 0.05) is 24.2 Å². The van der Waals surface area contributed by atoms with E-state index in [0.717, 1.165) is 24.9 Å². The summed E-state index contributed by atoms with van der Waals surface area (Å²) in [5.74, 6) is 0.0280. The Morgan fingerprint density at radius 3 is 3.00 bits per heavy atom. The van der Waals surface area contributed by atoms with E-state index in [0.29, 0.717) is 30.7 Å². The van der Waals surface area contributed by atoms with E-state index in [1.54, 1.807) is 0 Å². The molecule has 5 heteroatoms. The summed E-state index contributed by atoms with van der Waals surface area (Å²) in [5.41, 5.74) is 6.63. The van der Waals surface area contributed by atoms with Crippen LogP contribution in [-0.2, 0) is 11.3 Å². The van der Waals surface area contributed by atoms with Gasteiger partial charge in [-0.1, -0.05) is 29.8 Å². The van der Waals surface area contributed by atoms with E-state index in [4.69, 9.17) is 17.3 Å². The van der Waals surface area contributed by atoms with Crippen molar-refractivity contribution in [3.05, 3.63) is 34.9 Å². The highest BCUT2D eigenvalue weighted by molar-refractivity contribution is 6.31. The van der Waals surface area contributed by atoms with Gasteiger partial charge in [-0.05, 0) is 31.0 Å². The summed E-state index contributed by atoms with van der Waals surface area (Å²) in [4.78, 5) is 14.1. The zero-order valence-electron chi connectivity index (χ0n) is 10.9. The van der Waals surface area contributed by atoms with Crippen molar-refractivity contribution >= 4 is 17.5 Å². The van der Waals surface area contributed by atoms with Crippen molar-refractivity contribution in [2.75, 3.05) is 19.6 Å². The molecular weight excluding hydrogens is 262 g/mol. The van der Waals surface area contributed by atoms with Gasteiger partial charge in [0.25, 0.3) is 0 Å². The predicted molar refractivity (Wildman–Crippen MR) is 76.9 cm³/mol. The Morgan fingerprint density at radius 2 is 2.26 bits per heavy atom. The molecule has 0 spiro atoms. The number of nitrogens with zero attached hydrogens (tertiary/aromatic N) is 1. The largest absolute Gasteiger partial charge is 0.351 e. The number of halogens is 1. The maximum absolute atomic E-state index is 11.9. The van der Waals surface area contributed by atoms with Crippen molar-refractivity contribution in [1.82, 2.24) is 10.2 Å². The Balaban J connectivity index is 1.80. The first-order chi connectivity index (χ1) is 9.20. The van der Waals surface area contributed by atoms with Crippen LogP contribution in [0.15, 0.2) is 24.3 Å². The first-order valence-electron chi connectivity index (χ1n) is 6.65. The molecule has 1 aromatic carbocycles. The molecule has 0 saturated carbocycles. The van der Waals surface area contributed by atoms with Crippen molar-refractivity contribution in [3.63, 3.8) is 0 Å². The van der Waals surface area contributed by atoms with Crippen LogP contribution in [0.25, 0.3) is 0 Å². The van der Waals surface area contributed by atoms with Gasteiger partial charge in [-0.15, -0.1) is 0 Å². The predicted octanol–water partition coefficient (Wildman–Crippen LogP) is 1.38. The maximum Gasteiger partial charge on any atom is 0.234 e. The van der Waals surface area contributed by atoms with Gasteiger partial charge in [-0.3, -0.25) is 9.69 Å². The van der Waals surface area contributed by atoms with E-state index >= 15 is 0 Å². The fourth-order valence-corrected chi connectivity index (χ4v) is 2.65. The van der Waals surface area contributed by atoms with Crippen LogP contribution >= 0.6 is 11.6 Å². The van der Waals surface area contributed by atoms with Crippen LogP contribution in [0.4, 0.5) is 0 Å². The van der Waals surface area contributed by atoms with Crippen LogP contribution in [0, 0.1) is 0 Å². The lowest BCUT2D eigenvalue weighted by molar-refractivity contribution is -0.122. The lowest BCUT2D eigenvalue weighted by Gasteiger charge is -2.22. The molecule has 1 amide bonds. The Hall–Kier alpha value is -1.10. The minimum atomic E-state index is 0.0280. The molecule has 1 fully saturated rings. The molecule has 1 aromatic rings. The Labute approximate surface area is 118 Å². The average Bonchev–Trinajstić information content (AvgIpc) is 2.85. The lowest BCUT2D eigenvalue weighted by Crippen LogP contribution is -2.42. The van der Waals surface area contributed by atoms with Crippen LogP contribution in [-0.4, -0.2) is 36.5 Å². The molecule has 0 bridgehead atoms. The van der Waals surface area contributed by atoms with Crippen molar-refractivity contribution in [2.45, 2.75) is 25.4 Å². The summed E-state index contributed by atoms with van der Waals surface area (Å²) in [7, 11) is 0. The summed E-state index contributed by atoms with van der Waals surface area (Å²) in [6, 6.07) is 7.89. The standard InChI is InChI=1S/C14H20ClN3O/c15-13-6-2-1-4-11(13)9-17-14(19)10-18-7-3-5-12(18)8-16/h1-2,4,6,12H,3,5,7-10,16H2,(H,17,19). The molecule has 1 saturated heterocycles. The van der Waals surface area contributed by atoms with Crippen molar-refractivity contribution < 1.29 is 4.79 Å². The van der Waals surface area contributed by atoms with Crippen LogP contribution in [0.5, 0.6) is 0 Å². The number of carbonyl (C=O) groups excluding carboxylic acids is 1. The molecule has 1 unspecified atom stereocenters.